The van der Waals surface area contributed by atoms with Crippen LogP contribution in [0.15, 0.2) is 18.2 Å². The first kappa shape index (κ1) is 11.1. The average Bonchev–Trinajstić information content (AvgIpc) is 2.17. The molecule has 1 rings (SSSR count). The lowest BCUT2D eigenvalue weighted by Gasteiger charge is -2.03. The van der Waals surface area contributed by atoms with Crippen molar-refractivity contribution in [1.82, 2.24) is 0 Å². The highest BCUT2D eigenvalue weighted by molar-refractivity contribution is 5.97. The van der Waals surface area contributed by atoms with Crippen LogP contribution in [0.25, 0.3) is 0 Å². The van der Waals surface area contributed by atoms with Gasteiger partial charge in [-0.3, -0.25) is 14.9 Å². The Kier molecular flexibility index (Phi) is 3.33. The maximum atomic E-state index is 12.9. The number of methoxy groups -OCH3 is 1. The van der Waals surface area contributed by atoms with Crippen molar-refractivity contribution in [3.05, 3.63) is 39.7 Å². The van der Waals surface area contributed by atoms with Gasteiger partial charge in [-0.15, -0.1) is 0 Å². The van der Waals surface area contributed by atoms with Crippen molar-refractivity contribution >= 4 is 5.78 Å². The van der Waals surface area contributed by atoms with Crippen LogP contribution in [-0.2, 0) is 0 Å². The Labute approximate surface area is 84.6 Å². The molecule has 0 saturated heterocycles. The molecule has 0 aliphatic heterocycles. The number of hydrogen-bond acceptors (Lipinski definition) is 4. The number of nitro groups is 1. The lowest BCUT2D eigenvalue weighted by atomic mass is 10.1. The maximum absolute atomic E-state index is 12.9. The Morgan fingerprint density at radius 1 is 1.60 bits per heavy atom. The van der Waals surface area contributed by atoms with Gasteiger partial charge in [-0.1, -0.05) is 0 Å². The molecule has 0 N–H and O–H groups in total. The molecule has 0 amide bonds. The smallest absolute Gasteiger partial charge is 0.265 e. The summed E-state index contributed by atoms with van der Waals surface area (Å²) in [7, 11) is 1.25. The van der Waals surface area contributed by atoms with E-state index in [1.54, 1.807) is 0 Å². The number of halogens is 1. The van der Waals surface area contributed by atoms with Crippen LogP contribution >= 0.6 is 0 Å². The van der Waals surface area contributed by atoms with Gasteiger partial charge in [0.2, 0.25) is 5.78 Å². The summed E-state index contributed by atoms with van der Waals surface area (Å²) >= 11 is 0. The summed E-state index contributed by atoms with van der Waals surface area (Å²) in [6, 6.07) is 3.36. The van der Waals surface area contributed by atoms with Gasteiger partial charge in [-0.25, -0.2) is 4.39 Å². The molecule has 0 aliphatic rings. The molecule has 0 heterocycles. The molecule has 0 saturated carbocycles. The van der Waals surface area contributed by atoms with Crippen LogP contribution in [0.3, 0.4) is 0 Å². The molecule has 0 aromatic heterocycles. The first-order valence-corrected chi connectivity index (χ1v) is 4.03. The lowest BCUT2D eigenvalue weighted by molar-refractivity contribution is -0.465. The summed E-state index contributed by atoms with van der Waals surface area (Å²) in [5.41, 5.74) is 0.0601. The van der Waals surface area contributed by atoms with Gasteiger partial charge < -0.3 is 4.74 Å². The van der Waals surface area contributed by atoms with Crippen LogP contribution in [0, 0.1) is 15.9 Å². The zero-order valence-electron chi connectivity index (χ0n) is 7.90. The van der Waals surface area contributed by atoms with Gasteiger partial charge in [0.05, 0.1) is 7.11 Å². The first-order valence-electron chi connectivity index (χ1n) is 4.03. The molecule has 80 valence electrons. The number of carbonyl (C=O) groups excluding carboxylic acids is 1. The van der Waals surface area contributed by atoms with Crippen LogP contribution in [0.5, 0.6) is 5.75 Å². The molecular weight excluding hydrogens is 205 g/mol. The fourth-order valence-corrected chi connectivity index (χ4v) is 1.04. The second-order valence-corrected chi connectivity index (χ2v) is 2.76. The third kappa shape index (κ3) is 2.73. The summed E-state index contributed by atoms with van der Waals surface area (Å²) in [4.78, 5) is 20.6. The normalized spacial score (nSPS) is 9.73. The summed E-state index contributed by atoms with van der Waals surface area (Å²) in [5, 5.41) is 10.1. The molecule has 0 fully saturated rings. The fraction of sp³-hybridized carbons (Fsp3) is 0.222. The largest absolute Gasteiger partial charge is 0.494 e. The van der Waals surface area contributed by atoms with Gasteiger partial charge in [0, 0.05) is 10.5 Å². The van der Waals surface area contributed by atoms with Crippen molar-refractivity contribution in [2.75, 3.05) is 13.7 Å². The van der Waals surface area contributed by atoms with Gasteiger partial charge in [0.15, 0.2) is 11.6 Å². The zero-order chi connectivity index (χ0) is 11.4. The van der Waals surface area contributed by atoms with Crippen LogP contribution in [0.2, 0.25) is 0 Å². The third-order valence-corrected chi connectivity index (χ3v) is 1.75. The van der Waals surface area contributed by atoms with Gasteiger partial charge in [0.1, 0.15) is 0 Å². The first-order chi connectivity index (χ1) is 7.04. The van der Waals surface area contributed by atoms with E-state index in [1.165, 1.54) is 13.2 Å². The summed E-state index contributed by atoms with van der Waals surface area (Å²) in [6.07, 6.45) is 0. The maximum Gasteiger partial charge on any atom is 0.265 e. The van der Waals surface area contributed by atoms with E-state index in [0.717, 1.165) is 12.1 Å². The van der Waals surface area contributed by atoms with E-state index < -0.39 is 23.1 Å². The number of benzene rings is 1. The van der Waals surface area contributed by atoms with E-state index in [0.29, 0.717) is 0 Å². The SMILES string of the molecule is COc1cc(C(=O)C[N+](=O)[O-])ccc1F. The van der Waals surface area contributed by atoms with Crippen molar-refractivity contribution in [2.24, 2.45) is 0 Å². The van der Waals surface area contributed by atoms with Crippen molar-refractivity contribution < 1.29 is 18.8 Å². The Hall–Kier alpha value is -1.98. The number of ketones is 1. The Balaban J connectivity index is 2.95. The highest BCUT2D eigenvalue weighted by Gasteiger charge is 2.14. The quantitative estimate of drug-likeness (QED) is 0.429. The molecule has 0 bridgehead atoms. The van der Waals surface area contributed by atoms with Crippen LogP contribution in [0.4, 0.5) is 4.39 Å². The number of carbonyl (C=O) groups is 1. The van der Waals surface area contributed by atoms with Crippen LogP contribution in [0.1, 0.15) is 10.4 Å². The fourth-order valence-electron chi connectivity index (χ4n) is 1.04. The zero-order valence-corrected chi connectivity index (χ0v) is 7.90. The van der Waals surface area contributed by atoms with Crippen LogP contribution in [-0.4, -0.2) is 24.4 Å². The molecular formula is C9H8FNO4. The molecule has 0 aliphatic carbocycles. The van der Waals surface area contributed by atoms with Gasteiger partial charge in [-0.05, 0) is 18.2 Å². The summed E-state index contributed by atoms with van der Waals surface area (Å²) < 4.78 is 17.6. The topological polar surface area (TPSA) is 69.4 Å². The monoisotopic (exact) mass is 213 g/mol. The van der Waals surface area contributed by atoms with Crippen molar-refractivity contribution in [1.29, 1.82) is 0 Å². The molecule has 1 aromatic rings. The number of Topliss-reactive ketones (excluding diaryl/α,β-unsaturated/α-hetero) is 1. The number of ether oxygens (including phenoxy) is 1. The standard InChI is InChI=1S/C9H8FNO4/c1-15-9-4-6(2-3-7(9)10)8(12)5-11(13)14/h2-4H,5H2,1H3. The molecule has 5 nitrogen and oxygen atoms in total. The minimum Gasteiger partial charge on any atom is -0.494 e. The number of hydrogen-bond donors (Lipinski definition) is 0. The highest BCUT2D eigenvalue weighted by Crippen LogP contribution is 2.18. The molecule has 6 heteroatoms. The average molecular weight is 213 g/mol. The van der Waals surface area contributed by atoms with Crippen LogP contribution < -0.4 is 4.74 Å². The number of nitrogens with zero attached hydrogens (tertiary/aromatic N) is 1. The number of rotatable bonds is 4. The molecule has 15 heavy (non-hydrogen) atoms. The third-order valence-electron chi connectivity index (χ3n) is 1.75. The van der Waals surface area contributed by atoms with Gasteiger partial charge >= 0.3 is 0 Å². The highest BCUT2D eigenvalue weighted by atomic mass is 19.1. The van der Waals surface area contributed by atoms with Gasteiger partial charge in [-0.2, -0.15) is 0 Å². The minimum absolute atomic E-state index is 0.0601. The molecule has 0 spiro atoms. The minimum atomic E-state index is -0.811. The lowest BCUT2D eigenvalue weighted by Crippen LogP contribution is -2.13. The summed E-state index contributed by atoms with van der Waals surface area (Å²) in [6.45, 7) is -0.811. The predicted molar refractivity (Wildman–Crippen MR) is 49.1 cm³/mol. The molecule has 0 atom stereocenters. The van der Waals surface area contributed by atoms with E-state index >= 15 is 0 Å². The van der Waals surface area contributed by atoms with E-state index in [1.807, 2.05) is 0 Å². The predicted octanol–water partition coefficient (Wildman–Crippen LogP) is 1.29. The van der Waals surface area contributed by atoms with Crippen molar-refractivity contribution in [2.45, 2.75) is 0 Å². The second kappa shape index (κ2) is 4.50. The van der Waals surface area contributed by atoms with E-state index in [4.69, 9.17) is 0 Å². The molecule has 1 aromatic carbocycles. The van der Waals surface area contributed by atoms with Crippen molar-refractivity contribution in [3.63, 3.8) is 0 Å². The summed E-state index contributed by atoms with van der Waals surface area (Å²) in [5.74, 6) is -1.40. The Bertz CT molecular complexity index is 405. The van der Waals surface area contributed by atoms with E-state index in [-0.39, 0.29) is 11.3 Å². The molecule has 0 radical (unpaired) electrons. The van der Waals surface area contributed by atoms with E-state index in [9.17, 15) is 19.3 Å². The second-order valence-electron chi connectivity index (χ2n) is 2.76. The van der Waals surface area contributed by atoms with Gasteiger partial charge in [0.25, 0.3) is 6.54 Å². The van der Waals surface area contributed by atoms with Crippen molar-refractivity contribution in [3.8, 4) is 5.75 Å². The molecule has 0 unspecified atom stereocenters. The Morgan fingerprint density at radius 3 is 2.80 bits per heavy atom. The Morgan fingerprint density at radius 2 is 2.27 bits per heavy atom. The van der Waals surface area contributed by atoms with E-state index in [2.05, 4.69) is 4.74 Å².